The molecule has 0 fully saturated rings. The molecule has 0 atom stereocenters. The zero-order valence-corrected chi connectivity index (χ0v) is 21.7. The number of hydrogen-bond donors (Lipinski definition) is 2. The van der Waals surface area contributed by atoms with Crippen LogP contribution in [-0.2, 0) is 17.9 Å². The average molecular weight is 545 g/mol. The SMILES string of the molecule is O=C(O)CCN(Cc1ccc(F)cc1)C(=O)c1ccccc1-c1ccccc1C(=O)NCc1cccc(Cl)c1. The van der Waals surface area contributed by atoms with Crippen molar-refractivity contribution < 1.29 is 23.9 Å². The van der Waals surface area contributed by atoms with Crippen LogP contribution in [0.4, 0.5) is 4.39 Å². The number of nitrogens with zero attached hydrogens (tertiary/aromatic N) is 1. The number of nitrogens with one attached hydrogen (secondary N) is 1. The van der Waals surface area contributed by atoms with Crippen molar-refractivity contribution in [1.29, 1.82) is 0 Å². The van der Waals surface area contributed by atoms with Gasteiger partial charge < -0.3 is 15.3 Å². The van der Waals surface area contributed by atoms with Crippen LogP contribution in [0.2, 0.25) is 5.02 Å². The molecule has 8 heteroatoms. The third kappa shape index (κ3) is 7.30. The Kier molecular flexibility index (Phi) is 9.07. The van der Waals surface area contributed by atoms with Crippen LogP contribution in [0.25, 0.3) is 11.1 Å². The molecule has 0 spiro atoms. The molecule has 4 aromatic rings. The zero-order chi connectivity index (χ0) is 27.8. The molecule has 2 amide bonds. The van der Waals surface area contributed by atoms with Crippen LogP contribution in [0.15, 0.2) is 97.1 Å². The second-order valence-corrected chi connectivity index (χ2v) is 9.34. The lowest BCUT2D eigenvalue weighted by atomic mass is 9.94. The summed E-state index contributed by atoms with van der Waals surface area (Å²) in [5.74, 6) is -2.16. The minimum absolute atomic E-state index is 0.0400. The van der Waals surface area contributed by atoms with E-state index < -0.39 is 17.7 Å². The van der Waals surface area contributed by atoms with Gasteiger partial charge in [-0.25, -0.2) is 4.39 Å². The maximum Gasteiger partial charge on any atom is 0.305 e. The van der Waals surface area contributed by atoms with E-state index in [9.17, 15) is 23.9 Å². The lowest BCUT2D eigenvalue weighted by molar-refractivity contribution is -0.137. The van der Waals surface area contributed by atoms with Gasteiger partial charge in [0.1, 0.15) is 5.82 Å². The second kappa shape index (κ2) is 12.8. The number of carboxylic acid groups (broad SMARTS) is 1. The minimum atomic E-state index is -1.04. The van der Waals surface area contributed by atoms with E-state index in [4.69, 9.17) is 11.6 Å². The number of hydrogen-bond acceptors (Lipinski definition) is 3. The summed E-state index contributed by atoms with van der Waals surface area (Å²) in [7, 11) is 0. The summed E-state index contributed by atoms with van der Waals surface area (Å²) < 4.78 is 13.4. The molecule has 6 nitrogen and oxygen atoms in total. The maximum atomic E-state index is 13.8. The summed E-state index contributed by atoms with van der Waals surface area (Å²) >= 11 is 6.05. The molecule has 0 bridgehead atoms. The van der Waals surface area contributed by atoms with Gasteiger partial charge in [-0.3, -0.25) is 14.4 Å². The van der Waals surface area contributed by atoms with Gasteiger partial charge in [0, 0.05) is 35.8 Å². The van der Waals surface area contributed by atoms with Gasteiger partial charge in [0.15, 0.2) is 0 Å². The Labute approximate surface area is 230 Å². The van der Waals surface area contributed by atoms with Crippen molar-refractivity contribution in [1.82, 2.24) is 10.2 Å². The number of carbonyl (C=O) groups is 3. The van der Waals surface area contributed by atoms with Gasteiger partial charge >= 0.3 is 5.97 Å². The second-order valence-electron chi connectivity index (χ2n) is 8.90. The van der Waals surface area contributed by atoms with Crippen molar-refractivity contribution in [3.63, 3.8) is 0 Å². The molecule has 0 radical (unpaired) electrons. The van der Waals surface area contributed by atoms with E-state index in [-0.39, 0.29) is 32.0 Å². The van der Waals surface area contributed by atoms with Crippen LogP contribution < -0.4 is 5.32 Å². The number of aliphatic carboxylic acids is 1. The highest BCUT2D eigenvalue weighted by Crippen LogP contribution is 2.29. The van der Waals surface area contributed by atoms with Crippen LogP contribution >= 0.6 is 11.6 Å². The predicted octanol–water partition coefficient (Wildman–Crippen LogP) is 6.19. The molecule has 0 unspecified atom stereocenters. The molecule has 4 aromatic carbocycles. The monoisotopic (exact) mass is 544 g/mol. The van der Waals surface area contributed by atoms with Crippen LogP contribution in [0.5, 0.6) is 0 Å². The van der Waals surface area contributed by atoms with Crippen molar-refractivity contribution in [3.8, 4) is 11.1 Å². The first kappa shape index (κ1) is 27.5. The first-order valence-corrected chi connectivity index (χ1v) is 12.7. The molecule has 0 aliphatic rings. The molecule has 0 aliphatic carbocycles. The summed E-state index contributed by atoms with van der Waals surface area (Å²) in [4.78, 5) is 39.7. The third-order valence-electron chi connectivity index (χ3n) is 6.13. The number of carboxylic acids is 1. The van der Waals surface area contributed by atoms with Crippen LogP contribution in [0, 0.1) is 5.82 Å². The van der Waals surface area contributed by atoms with Crippen molar-refractivity contribution in [3.05, 3.63) is 130 Å². The lowest BCUT2D eigenvalue weighted by Gasteiger charge is -2.24. The molecule has 39 heavy (non-hydrogen) atoms. The predicted molar refractivity (Wildman–Crippen MR) is 148 cm³/mol. The Bertz CT molecular complexity index is 1490. The highest BCUT2D eigenvalue weighted by Gasteiger charge is 2.23. The fourth-order valence-electron chi connectivity index (χ4n) is 4.21. The number of carbonyl (C=O) groups excluding carboxylic acids is 2. The topological polar surface area (TPSA) is 86.7 Å². The largest absolute Gasteiger partial charge is 0.481 e. The van der Waals surface area contributed by atoms with E-state index in [1.165, 1.54) is 17.0 Å². The van der Waals surface area contributed by atoms with Crippen molar-refractivity contribution in [2.75, 3.05) is 6.54 Å². The molecule has 0 aliphatic heterocycles. The molecule has 0 saturated heterocycles. The number of rotatable bonds is 10. The van der Waals surface area contributed by atoms with Crippen LogP contribution in [-0.4, -0.2) is 34.3 Å². The van der Waals surface area contributed by atoms with E-state index in [1.54, 1.807) is 72.8 Å². The summed E-state index contributed by atoms with van der Waals surface area (Å²) in [5.41, 5.74) is 3.31. The Morgan fingerprint density at radius 1 is 0.795 bits per heavy atom. The van der Waals surface area contributed by atoms with E-state index in [2.05, 4.69) is 5.32 Å². The first-order valence-electron chi connectivity index (χ1n) is 12.3. The molecule has 0 heterocycles. The summed E-state index contributed by atoms with van der Waals surface area (Å²) in [6.45, 7) is 0.332. The van der Waals surface area contributed by atoms with Gasteiger partial charge in [0.25, 0.3) is 11.8 Å². The summed E-state index contributed by atoms with van der Waals surface area (Å²) in [6, 6.07) is 26.8. The quantitative estimate of drug-likeness (QED) is 0.249. The van der Waals surface area contributed by atoms with E-state index in [0.717, 1.165) is 5.56 Å². The van der Waals surface area contributed by atoms with Gasteiger partial charge in [0.05, 0.1) is 6.42 Å². The molecule has 2 N–H and O–H groups in total. The van der Waals surface area contributed by atoms with Gasteiger partial charge in [-0.15, -0.1) is 0 Å². The average Bonchev–Trinajstić information content (AvgIpc) is 2.94. The molecular weight excluding hydrogens is 519 g/mol. The van der Waals surface area contributed by atoms with Gasteiger partial charge in [-0.1, -0.05) is 72.3 Å². The summed E-state index contributed by atoms with van der Waals surface area (Å²) in [6.07, 6.45) is -0.252. The van der Waals surface area contributed by atoms with E-state index in [1.807, 2.05) is 12.1 Å². The zero-order valence-electron chi connectivity index (χ0n) is 20.9. The highest BCUT2D eigenvalue weighted by atomic mass is 35.5. The number of benzene rings is 4. The fraction of sp³-hybridized carbons (Fsp3) is 0.129. The van der Waals surface area contributed by atoms with E-state index in [0.29, 0.717) is 32.8 Å². The summed E-state index contributed by atoms with van der Waals surface area (Å²) in [5, 5.41) is 12.7. The van der Waals surface area contributed by atoms with Crippen LogP contribution in [0.1, 0.15) is 38.3 Å². The highest BCUT2D eigenvalue weighted by molar-refractivity contribution is 6.30. The number of halogens is 2. The van der Waals surface area contributed by atoms with Crippen LogP contribution in [0.3, 0.4) is 0 Å². The Balaban J connectivity index is 1.64. The van der Waals surface area contributed by atoms with Gasteiger partial charge in [-0.05, 0) is 58.7 Å². The first-order chi connectivity index (χ1) is 18.8. The number of amides is 2. The lowest BCUT2D eigenvalue weighted by Crippen LogP contribution is -2.33. The van der Waals surface area contributed by atoms with Crippen molar-refractivity contribution in [2.45, 2.75) is 19.5 Å². The maximum absolute atomic E-state index is 13.8. The fourth-order valence-corrected chi connectivity index (χ4v) is 4.42. The van der Waals surface area contributed by atoms with Gasteiger partial charge in [0.2, 0.25) is 0 Å². The normalized spacial score (nSPS) is 10.6. The Morgan fingerprint density at radius 2 is 1.44 bits per heavy atom. The molecule has 198 valence electrons. The third-order valence-corrected chi connectivity index (χ3v) is 6.37. The Hall–Kier alpha value is -4.49. The molecular formula is C31H26ClFN2O4. The van der Waals surface area contributed by atoms with Crippen molar-refractivity contribution >= 4 is 29.4 Å². The molecule has 0 saturated carbocycles. The minimum Gasteiger partial charge on any atom is -0.481 e. The Morgan fingerprint density at radius 3 is 2.10 bits per heavy atom. The smallest absolute Gasteiger partial charge is 0.305 e. The van der Waals surface area contributed by atoms with Crippen molar-refractivity contribution in [2.24, 2.45) is 0 Å². The van der Waals surface area contributed by atoms with Gasteiger partial charge in [-0.2, -0.15) is 0 Å². The van der Waals surface area contributed by atoms with E-state index >= 15 is 0 Å². The molecule has 4 rings (SSSR count). The standard InChI is InChI=1S/C31H26ClFN2O4/c32-23-7-5-6-22(18-23)19-34-30(38)27-10-3-1-8-25(27)26-9-2-4-11-28(26)31(39)35(17-16-29(36)37)20-21-12-14-24(33)15-13-21/h1-15,18H,16-17,19-20H2,(H,34,38)(H,36,37). The molecule has 0 aromatic heterocycles.